The topological polar surface area (TPSA) is 141 Å². The van der Waals surface area contributed by atoms with Gasteiger partial charge in [0.2, 0.25) is 11.8 Å². The van der Waals surface area contributed by atoms with E-state index in [-0.39, 0.29) is 12.8 Å². The van der Waals surface area contributed by atoms with Crippen LogP contribution in [0.4, 0.5) is 0 Å². The molecule has 0 aromatic carbocycles. The van der Waals surface area contributed by atoms with Crippen LogP contribution in [-0.2, 0) is 19.1 Å². The molecule has 0 amide bonds. The van der Waals surface area contributed by atoms with Crippen LogP contribution in [0.1, 0.15) is 79.1 Å². The second-order valence-corrected chi connectivity index (χ2v) is 8.37. The molecule has 30 heavy (non-hydrogen) atoms. The number of esters is 1. The third-order valence-corrected chi connectivity index (χ3v) is 4.48. The van der Waals surface area contributed by atoms with E-state index in [2.05, 4.69) is 6.92 Å². The zero-order chi connectivity index (χ0) is 22.9. The number of carbonyl (C=O) groups excluding carboxylic acids is 3. The largest absolute Gasteiger partial charge is 0.492 e. The van der Waals surface area contributed by atoms with E-state index < -0.39 is 47.0 Å². The van der Waals surface area contributed by atoms with E-state index in [0.29, 0.717) is 11.2 Å². The molecule has 1 heterocycles. The number of nitrogens with two attached hydrogens (primary N) is 1. The van der Waals surface area contributed by atoms with Crippen molar-refractivity contribution in [1.29, 1.82) is 0 Å². The molecule has 0 radical (unpaired) electrons. The van der Waals surface area contributed by atoms with Crippen molar-refractivity contribution in [3.05, 3.63) is 12.1 Å². The molecule has 0 saturated carbocycles. The second-order valence-electron chi connectivity index (χ2n) is 8.37. The van der Waals surface area contributed by atoms with Crippen molar-refractivity contribution >= 4 is 17.7 Å². The highest BCUT2D eigenvalue weighted by molar-refractivity contribution is 6.08. The molecule has 0 saturated heterocycles. The Bertz CT molecular complexity index is 717. The van der Waals surface area contributed by atoms with Gasteiger partial charge in [0.1, 0.15) is 5.60 Å². The molecule has 1 rings (SSSR count). The minimum atomic E-state index is -1.99. The van der Waals surface area contributed by atoms with Crippen LogP contribution in [0.15, 0.2) is 12.1 Å². The molecule has 170 valence electrons. The van der Waals surface area contributed by atoms with Crippen LogP contribution in [0.5, 0.6) is 11.8 Å². The first-order chi connectivity index (χ1) is 13.9. The molecular formula is C21H34N2O7. The maximum atomic E-state index is 12.8. The van der Waals surface area contributed by atoms with Crippen LogP contribution in [0.3, 0.4) is 0 Å². The van der Waals surface area contributed by atoms with E-state index in [4.69, 9.17) is 15.3 Å². The van der Waals surface area contributed by atoms with E-state index >= 15 is 0 Å². The highest BCUT2D eigenvalue weighted by atomic mass is 16.7. The highest BCUT2D eigenvalue weighted by Crippen LogP contribution is 2.23. The molecule has 0 aliphatic rings. The van der Waals surface area contributed by atoms with Gasteiger partial charge in [-0.1, -0.05) is 32.6 Å². The average molecular weight is 427 g/mol. The number of hydrogen-bond donors (Lipinski definition) is 3. The number of nitrogens with zero attached hydrogens (tertiary/aromatic N) is 1. The van der Waals surface area contributed by atoms with Crippen molar-refractivity contribution in [1.82, 2.24) is 4.73 Å². The van der Waals surface area contributed by atoms with E-state index in [1.165, 1.54) is 0 Å². The minimum Gasteiger partial charge on any atom is -0.492 e. The lowest BCUT2D eigenvalue weighted by molar-refractivity contribution is -0.164. The zero-order valence-electron chi connectivity index (χ0n) is 18.3. The van der Waals surface area contributed by atoms with Crippen LogP contribution >= 0.6 is 0 Å². The molecule has 0 fully saturated rings. The number of aromatic hydroxyl groups is 2. The molecular weight excluding hydrogens is 392 g/mol. The van der Waals surface area contributed by atoms with Gasteiger partial charge in [-0.2, -0.15) is 0 Å². The van der Waals surface area contributed by atoms with Crippen LogP contribution in [0.25, 0.3) is 0 Å². The van der Waals surface area contributed by atoms with Crippen molar-refractivity contribution < 1.29 is 34.2 Å². The van der Waals surface area contributed by atoms with E-state index in [1.54, 1.807) is 20.8 Å². The number of aromatic nitrogens is 1. The van der Waals surface area contributed by atoms with Gasteiger partial charge in [0, 0.05) is 18.6 Å². The molecule has 0 bridgehead atoms. The van der Waals surface area contributed by atoms with Gasteiger partial charge in [-0.3, -0.25) is 4.79 Å². The normalized spacial score (nSPS) is 13.5. The molecule has 4 N–H and O–H groups in total. The highest BCUT2D eigenvalue weighted by Gasteiger charge is 2.44. The number of ether oxygens (including phenoxy) is 1. The third kappa shape index (κ3) is 7.70. The summed E-state index contributed by atoms with van der Waals surface area (Å²) in [5, 5.41) is 19.1. The SMILES string of the molecule is CCCCCCCC(=O)[C@](N)(CCC(=O)On1c(O)ccc1O)C(=O)OC(C)(C)C. The van der Waals surface area contributed by atoms with Crippen molar-refractivity contribution in [2.24, 2.45) is 5.73 Å². The number of unbranched alkanes of at least 4 members (excludes halogenated alkanes) is 4. The third-order valence-electron chi connectivity index (χ3n) is 4.48. The van der Waals surface area contributed by atoms with Gasteiger partial charge in [0.15, 0.2) is 11.3 Å². The second kappa shape index (κ2) is 11.0. The Kier molecular flexibility index (Phi) is 9.35. The Balaban J connectivity index is 2.82. The van der Waals surface area contributed by atoms with E-state index in [1.807, 2.05) is 0 Å². The predicted molar refractivity (Wildman–Crippen MR) is 110 cm³/mol. The molecule has 1 atom stereocenters. The first-order valence-electron chi connectivity index (χ1n) is 10.3. The number of hydrogen-bond acceptors (Lipinski definition) is 8. The van der Waals surface area contributed by atoms with Crippen molar-refractivity contribution in [2.45, 2.75) is 90.2 Å². The van der Waals surface area contributed by atoms with Gasteiger partial charge in [0.25, 0.3) is 0 Å². The number of ketones is 1. The molecule has 0 aliphatic heterocycles. The molecule has 0 unspecified atom stereocenters. The maximum absolute atomic E-state index is 12.8. The molecule has 0 aliphatic carbocycles. The summed E-state index contributed by atoms with van der Waals surface area (Å²) >= 11 is 0. The van der Waals surface area contributed by atoms with Gasteiger partial charge in [-0.25, -0.2) is 9.59 Å². The fourth-order valence-electron chi connectivity index (χ4n) is 2.78. The van der Waals surface area contributed by atoms with Crippen molar-refractivity contribution in [3.8, 4) is 11.8 Å². The van der Waals surface area contributed by atoms with Crippen LogP contribution < -0.4 is 10.6 Å². The van der Waals surface area contributed by atoms with Gasteiger partial charge in [-0.05, 0) is 33.6 Å². The number of rotatable bonds is 12. The fourth-order valence-corrected chi connectivity index (χ4v) is 2.78. The van der Waals surface area contributed by atoms with Crippen LogP contribution in [-0.4, -0.2) is 43.8 Å². The van der Waals surface area contributed by atoms with E-state index in [0.717, 1.165) is 37.8 Å². The van der Waals surface area contributed by atoms with Crippen molar-refractivity contribution in [3.63, 3.8) is 0 Å². The Morgan fingerprint density at radius 2 is 1.57 bits per heavy atom. The zero-order valence-corrected chi connectivity index (χ0v) is 18.3. The fraction of sp³-hybridized carbons (Fsp3) is 0.667. The summed E-state index contributed by atoms with van der Waals surface area (Å²) in [7, 11) is 0. The first-order valence-corrected chi connectivity index (χ1v) is 10.3. The van der Waals surface area contributed by atoms with Crippen LogP contribution in [0, 0.1) is 0 Å². The summed E-state index contributed by atoms with van der Waals surface area (Å²) in [6.45, 7) is 7.07. The molecule has 1 aromatic heterocycles. The Morgan fingerprint density at radius 1 is 1.00 bits per heavy atom. The summed E-state index contributed by atoms with van der Waals surface area (Å²) < 4.78 is 5.85. The standard InChI is InChI=1S/C21H34N2O7/c1-5-6-7-8-9-10-15(24)21(22,19(28)29-20(2,3)4)14-13-18(27)30-23-16(25)11-12-17(23)26/h11-12,25-26H,5-10,13-14,22H2,1-4H3/t21-/m1/s1. The van der Waals surface area contributed by atoms with Gasteiger partial charge >= 0.3 is 11.9 Å². The molecule has 9 nitrogen and oxygen atoms in total. The molecule has 9 heteroatoms. The lowest BCUT2D eigenvalue weighted by atomic mass is 9.86. The Morgan fingerprint density at radius 3 is 2.10 bits per heavy atom. The Hall–Kier alpha value is -2.55. The maximum Gasteiger partial charge on any atom is 0.334 e. The first kappa shape index (κ1) is 25.5. The summed E-state index contributed by atoms with van der Waals surface area (Å²) in [5.74, 6) is -3.23. The molecule has 0 spiro atoms. The smallest absolute Gasteiger partial charge is 0.334 e. The van der Waals surface area contributed by atoms with E-state index in [9.17, 15) is 24.6 Å². The summed E-state index contributed by atoms with van der Waals surface area (Å²) in [6.07, 6.45) is 3.96. The van der Waals surface area contributed by atoms with Gasteiger partial charge < -0.3 is 25.5 Å². The quantitative estimate of drug-likeness (QED) is 0.263. The van der Waals surface area contributed by atoms with Gasteiger partial charge in [-0.15, -0.1) is 4.73 Å². The van der Waals surface area contributed by atoms with Crippen molar-refractivity contribution in [2.75, 3.05) is 0 Å². The summed E-state index contributed by atoms with van der Waals surface area (Å²) in [6, 6.07) is 2.28. The lowest BCUT2D eigenvalue weighted by Crippen LogP contribution is -2.57. The monoisotopic (exact) mass is 426 g/mol. The Labute approximate surface area is 177 Å². The minimum absolute atomic E-state index is 0.105. The lowest BCUT2D eigenvalue weighted by Gasteiger charge is -2.30. The summed E-state index contributed by atoms with van der Waals surface area (Å²) in [5.41, 5.74) is 3.33. The predicted octanol–water partition coefficient (Wildman–Crippen LogP) is 2.60. The number of Topliss-reactive ketones (excluding diaryl/α,β-unsaturated/α-hetero) is 1. The van der Waals surface area contributed by atoms with Crippen LogP contribution in [0.2, 0.25) is 0 Å². The summed E-state index contributed by atoms with van der Waals surface area (Å²) in [4.78, 5) is 42.5. The number of carbonyl (C=O) groups is 3. The average Bonchev–Trinajstić information content (AvgIpc) is 2.96. The molecule has 1 aromatic rings. The van der Waals surface area contributed by atoms with Gasteiger partial charge in [0.05, 0.1) is 6.42 Å².